The molecule has 2 fully saturated rings. The van der Waals surface area contributed by atoms with Crippen molar-refractivity contribution in [3.8, 4) is 0 Å². The van der Waals surface area contributed by atoms with Crippen LogP contribution >= 0.6 is 0 Å². The smallest absolute Gasteiger partial charge is 0.236 e. The van der Waals surface area contributed by atoms with Gasteiger partial charge in [0.1, 0.15) is 0 Å². The summed E-state index contributed by atoms with van der Waals surface area (Å²) in [6, 6.07) is 0.214. The number of amides is 2. The Morgan fingerprint density at radius 3 is 2.77 bits per heavy atom. The monoisotopic (exact) mass is 309 g/mol. The summed E-state index contributed by atoms with van der Waals surface area (Å²) in [6.07, 6.45) is 3.73. The van der Waals surface area contributed by atoms with Gasteiger partial charge in [-0.2, -0.15) is 0 Å². The molecule has 0 aromatic heterocycles. The molecule has 2 atom stereocenters. The molecule has 2 unspecified atom stereocenters. The van der Waals surface area contributed by atoms with E-state index in [-0.39, 0.29) is 17.9 Å². The van der Waals surface area contributed by atoms with Crippen molar-refractivity contribution in [3.05, 3.63) is 0 Å². The molecule has 2 saturated heterocycles. The van der Waals surface area contributed by atoms with Gasteiger partial charge in [0.25, 0.3) is 0 Å². The maximum atomic E-state index is 12.6. The molecule has 0 bridgehead atoms. The van der Waals surface area contributed by atoms with Crippen LogP contribution in [0.3, 0.4) is 0 Å². The van der Waals surface area contributed by atoms with Crippen LogP contribution in [0.2, 0.25) is 0 Å². The van der Waals surface area contributed by atoms with Gasteiger partial charge in [-0.25, -0.2) is 0 Å². The molecule has 22 heavy (non-hydrogen) atoms. The summed E-state index contributed by atoms with van der Waals surface area (Å²) in [4.78, 5) is 28.6. The van der Waals surface area contributed by atoms with Gasteiger partial charge >= 0.3 is 0 Å². The predicted octanol–water partition coefficient (Wildman–Crippen LogP) is 1.48. The second kappa shape index (κ2) is 7.95. The molecular formula is C17H31N3O2. The molecule has 0 radical (unpaired) electrons. The van der Waals surface area contributed by atoms with Crippen LogP contribution in [0.4, 0.5) is 0 Å². The zero-order valence-corrected chi connectivity index (χ0v) is 14.3. The lowest BCUT2D eigenvalue weighted by Gasteiger charge is -2.41. The average molecular weight is 309 g/mol. The molecule has 0 aromatic carbocycles. The Morgan fingerprint density at radius 2 is 2.14 bits per heavy atom. The quantitative estimate of drug-likeness (QED) is 0.837. The van der Waals surface area contributed by atoms with E-state index >= 15 is 0 Å². The minimum atomic E-state index is 0.180. The van der Waals surface area contributed by atoms with E-state index in [2.05, 4.69) is 26.1 Å². The molecule has 2 amide bonds. The van der Waals surface area contributed by atoms with E-state index in [9.17, 15) is 9.59 Å². The Bertz CT molecular complexity index is 397. The fourth-order valence-corrected chi connectivity index (χ4v) is 3.65. The van der Waals surface area contributed by atoms with Gasteiger partial charge in [0.2, 0.25) is 11.8 Å². The molecule has 126 valence electrons. The van der Waals surface area contributed by atoms with Crippen LogP contribution in [-0.2, 0) is 9.59 Å². The van der Waals surface area contributed by atoms with Gasteiger partial charge in [0, 0.05) is 38.6 Å². The normalized spacial score (nSPS) is 24.7. The van der Waals surface area contributed by atoms with Crippen molar-refractivity contribution in [2.45, 2.75) is 52.5 Å². The van der Waals surface area contributed by atoms with Gasteiger partial charge in [0.15, 0.2) is 0 Å². The van der Waals surface area contributed by atoms with E-state index in [1.165, 1.54) is 0 Å². The highest BCUT2D eigenvalue weighted by Crippen LogP contribution is 2.23. The van der Waals surface area contributed by atoms with E-state index in [0.29, 0.717) is 24.8 Å². The minimum Gasteiger partial charge on any atom is -0.341 e. The summed E-state index contributed by atoms with van der Waals surface area (Å²) in [7, 11) is 0. The van der Waals surface area contributed by atoms with Gasteiger partial charge in [0.05, 0.1) is 6.54 Å². The first kappa shape index (κ1) is 17.3. The molecule has 0 spiro atoms. The van der Waals surface area contributed by atoms with Gasteiger partial charge in [-0.05, 0) is 24.7 Å². The van der Waals surface area contributed by atoms with Crippen molar-refractivity contribution >= 4 is 11.8 Å². The zero-order valence-electron chi connectivity index (χ0n) is 14.3. The lowest BCUT2D eigenvalue weighted by molar-refractivity contribution is -0.141. The van der Waals surface area contributed by atoms with Crippen LogP contribution in [-0.4, -0.2) is 60.4 Å². The first-order chi connectivity index (χ1) is 10.5. The van der Waals surface area contributed by atoms with Crippen LogP contribution in [0, 0.1) is 11.8 Å². The third kappa shape index (κ3) is 4.22. The number of hydrogen-bond donors (Lipinski definition) is 1. The summed E-state index contributed by atoms with van der Waals surface area (Å²) < 4.78 is 0. The molecule has 5 heteroatoms. The lowest BCUT2D eigenvalue weighted by Crippen LogP contribution is -2.57. The number of likely N-dealkylation sites (tertiary alicyclic amines) is 1. The molecule has 1 N–H and O–H groups in total. The molecule has 2 heterocycles. The number of rotatable bonds is 5. The van der Waals surface area contributed by atoms with Crippen LogP contribution < -0.4 is 5.32 Å². The fraction of sp³-hybridized carbons (Fsp3) is 0.882. The largest absolute Gasteiger partial charge is 0.341 e. The zero-order chi connectivity index (χ0) is 16.1. The second-order valence-corrected chi connectivity index (χ2v) is 7.02. The Balaban J connectivity index is 1.92. The van der Waals surface area contributed by atoms with Gasteiger partial charge in [-0.3, -0.25) is 9.59 Å². The van der Waals surface area contributed by atoms with E-state index < -0.39 is 0 Å². The van der Waals surface area contributed by atoms with Crippen molar-refractivity contribution < 1.29 is 9.59 Å². The molecular weight excluding hydrogens is 278 g/mol. The Kier molecular flexibility index (Phi) is 6.24. The number of piperazine rings is 1. The lowest BCUT2D eigenvalue weighted by atomic mass is 9.89. The number of nitrogens with zero attached hydrogens (tertiary/aromatic N) is 2. The second-order valence-electron chi connectivity index (χ2n) is 7.02. The molecule has 0 aliphatic carbocycles. The van der Waals surface area contributed by atoms with E-state index in [1.54, 1.807) is 0 Å². The molecule has 2 aliphatic heterocycles. The number of piperidine rings is 1. The molecule has 2 rings (SSSR count). The summed E-state index contributed by atoms with van der Waals surface area (Å²) in [5.74, 6) is 1.46. The van der Waals surface area contributed by atoms with Crippen molar-refractivity contribution in [3.63, 3.8) is 0 Å². The van der Waals surface area contributed by atoms with E-state index in [1.807, 2.05) is 9.80 Å². The number of carbonyl (C=O) groups excluding carboxylic acids is 2. The van der Waals surface area contributed by atoms with Crippen LogP contribution in [0.1, 0.15) is 46.5 Å². The summed E-state index contributed by atoms with van der Waals surface area (Å²) >= 11 is 0. The summed E-state index contributed by atoms with van der Waals surface area (Å²) in [5, 5.41) is 3.11. The highest BCUT2D eigenvalue weighted by Gasteiger charge is 2.32. The van der Waals surface area contributed by atoms with Crippen LogP contribution in [0.25, 0.3) is 0 Å². The molecule has 0 saturated carbocycles. The first-order valence-electron chi connectivity index (χ1n) is 8.80. The standard InChI is InChI=1S/C17H31N3O2/c1-4-14(13(2)3)10-16(21)19-8-5-6-15(12-19)20-9-7-18-11-17(20)22/h13-15,18H,4-12H2,1-3H3. The molecule has 0 aromatic rings. The van der Waals surface area contributed by atoms with Crippen molar-refractivity contribution in [1.82, 2.24) is 15.1 Å². The van der Waals surface area contributed by atoms with Gasteiger partial charge in [-0.1, -0.05) is 27.2 Å². The number of nitrogens with one attached hydrogen (secondary N) is 1. The van der Waals surface area contributed by atoms with Crippen LogP contribution in [0.15, 0.2) is 0 Å². The maximum Gasteiger partial charge on any atom is 0.236 e. The number of carbonyl (C=O) groups is 2. The molecule has 5 nitrogen and oxygen atoms in total. The summed E-state index contributed by atoms with van der Waals surface area (Å²) in [5.41, 5.74) is 0. The topological polar surface area (TPSA) is 52.7 Å². The van der Waals surface area contributed by atoms with E-state index in [0.717, 1.165) is 45.4 Å². The molecule has 2 aliphatic rings. The Labute approximate surface area is 134 Å². The van der Waals surface area contributed by atoms with Crippen molar-refractivity contribution in [2.75, 3.05) is 32.7 Å². The Morgan fingerprint density at radius 1 is 1.36 bits per heavy atom. The SMILES string of the molecule is CCC(CC(=O)N1CCCC(N2CCNCC2=O)C1)C(C)C. The highest BCUT2D eigenvalue weighted by molar-refractivity contribution is 5.80. The van der Waals surface area contributed by atoms with Crippen LogP contribution in [0.5, 0.6) is 0 Å². The first-order valence-corrected chi connectivity index (χ1v) is 8.80. The number of hydrogen-bond acceptors (Lipinski definition) is 3. The fourth-order valence-electron chi connectivity index (χ4n) is 3.65. The van der Waals surface area contributed by atoms with Gasteiger partial charge < -0.3 is 15.1 Å². The summed E-state index contributed by atoms with van der Waals surface area (Å²) in [6.45, 7) is 10.2. The highest BCUT2D eigenvalue weighted by atomic mass is 16.2. The maximum absolute atomic E-state index is 12.6. The van der Waals surface area contributed by atoms with E-state index in [4.69, 9.17) is 0 Å². The third-order valence-corrected chi connectivity index (χ3v) is 5.22. The Hall–Kier alpha value is -1.10. The third-order valence-electron chi connectivity index (χ3n) is 5.22. The van der Waals surface area contributed by atoms with Crippen molar-refractivity contribution in [1.29, 1.82) is 0 Å². The predicted molar refractivity (Wildman–Crippen MR) is 87.4 cm³/mol. The minimum absolute atomic E-state index is 0.180. The van der Waals surface area contributed by atoms with Gasteiger partial charge in [-0.15, -0.1) is 0 Å². The average Bonchev–Trinajstić information content (AvgIpc) is 2.52. The van der Waals surface area contributed by atoms with Crippen molar-refractivity contribution in [2.24, 2.45) is 11.8 Å².